The van der Waals surface area contributed by atoms with Gasteiger partial charge in [-0.15, -0.1) is 0 Å². The first kappa shape index (κ1) is 13.1. The minimum Gasteiger partial charge on any atom is -0.354 e. The molecular weight excluding hydrogens is 248 g/mol. The topological polar surface area (TPSA) is 41.1 Å². The summed E-state index contributed by atoms with van der Waals surface area (Å²) in [5.74, 6) is 2.94. The molecule has 4 saturated carbocycles. The highest BCUT2D eigenvalue weighted by Gasteiger charge is 2.54. The van der Waals surface area contributed by atoms with Gasteiger partial charge in [0.15, 0.2) is 0 Å². The molecule has 0 aromatic carbocycles. The second kappa shape index (κ2) is 4.46. The van der Waals surface area contributed by atoms with Crippen LogP contribution in [0.3, 0.4) is 0 Å². The number of rotatable bonds is 3. The van der Waals surface area contributed by atoms with Crippen LogP contribution in [0.15, 0.2) is 0 Å². The molecule has 1 heterocycles. The zero-order valence-electron chi connectivity index (χ0n) is 12.7. The third-order valence-electron chi connectivity index (χ3n) is 6.62. The summed E-state index contributed by atoms with van der Waals surface area (Å²) in [7, 11) is 0. The molecular formula is C17H28N2O. The molecule has 20 heavy (non-hydrogen) atoms. The maximum atomic E-state index is 12.9. The number of hydrogen-bond donors (Lipinski definition) is 2. The Morgan fingerprint density at radius 2 is 1.75 bits per heavy atom. The van der Waals surface area contributed by atoms with Gasteiger partial charge in [0.2, 0.25) is 5.91 Å². The van der Waals surface area contributed by atoms with Crippen molar-refractivity contribution in [2.24, 2.45) is 23.2 Å². The fraction of sp³-hybridized carbons (Fsp3) is 0.941. The predicted octanol–water partition coefficient (Wildman–Crippen LogP) is 2.46. The van der Waals surface area contributed by atoms with Gasteiger partial charge in [0.05, 0.1) is 0 Å². The maximum Gasteiger partial charge on any atom is 0.226 e. The van der Waals surface area contributed by atoms with Gasteiger partial charge < -0.3 is 10.6 Å². The lowest BCUT2D eigenvalue weighted by atomic mass is 9.49. The van der Waals surface area contributed by atoms with E-state index in [1.165, 1.54) is 51.4 Å². The summed E-state index contributed by atoms with van der Waals surface area (Å²) in [5, 5.41) is 6.87. The molecule has 1 unspecified atom stereocenters. The average Bonchev–Trinajstić information content (AvgIpc) is 2.82. The summed E-state index contributed by atoms with van der Waals surface area (Å²) in [4.78, 5) is 12.9. The van der Waals surface area contributed by atoms with Crippen molar-refractivity contribution in [3.63, 3.8) is 0 Å². The van der Waals surface area contributed by atoms with E-state index in [0.717, 1.165) is 30.8 Å². The molecule has 4 bridgehead atoms. The van der Waals surface area contributed by atoms with E-state index in [9.17, 15) is 4.79 Å². The smallest absolute Gasteiger partial charge is 0.226 e. The molecule has 0 aromatic heterocycles. The molecule has 2 N–H and O–H groups in total. The Bertz CT molecular complexity index is 376. The molecule has 1 aliphatic heterocycles. The second-order valence-electron chi connectivity index (χ2n) is 8.47. The first-order valence-corrected chi connectivity index (χ1v) is 8.60. The third kappa shape index (κ3) is 2.09. The van der Waals surface area contributed by atoms with Gasteiger partial charge in [0, 0.05) is 17.5 Å². The van der Waals surface area contributed by atoms with Crippen LogP contribution in [0.4, 0.5) is 0 Å². The summed E-state index contributed by atoms with van der Waals surface area (Å²) in [6.45, 7) is 4.16. The first-order valence-electron chi connectivity index (χ1n) is 8.60. The van der Waals surface area contributed by atoms with E-state index >= 15 is 0 Å². The number of carbonyl (C=O) groups excluding carboxylic acids is 1. The van der Waals surface area contributed by atoms with Crippen molar-refractivity contribution < 1.29 is 4.79 Å². The van der Waals surface area contributed by atoms with Crippen molar-refractivity contribution in [2.45, 2.75) is 63.8 Å². The van der Waals surface area contributed by atoms with E-state index < -0.39 is 0 Å². The third-order valence-corrected chi connectivity index (χ3v) is 6.62. The fourth-order valence-electron chi connectivity index (χ4n) is 5.96. The zero-order valence-corrected chi connectivity index (χ0v) is 12.7. The molecule has 5 fully saturated rings. The lowest BCUT2D eigenvalue weighted by Gasteiger charge is -2.55. The standard InChI is InChI=1S/C17H28N2O/c1-16(3-2-4-19-16)11-18-15(20)17-8-12-5-13(9-17)7-14(6-12)10-17/h12-14,19H,2-11H2,1H3,(H,18,20). The molecule has 3 nitrogen and oxygen atoms in total. The SMILES string of the molecule is CC1(CNC(=O)C23CC4CC(CC(C4)C2)C3)CCCN1. The molecule has 4 aliphatic carbocycles. The van der Waals surface area contributed by atoms with Gasteiger partial charge >= 0.3 is 0 Å². The molecule has 1 atom stereocenters. The van der Waals surface area contributed by atoms with Crippen molar-refractivity contribution in [2.75, 3.05) is 13.1 Å². The monoisotopic (exact) mass is 276 g/mol. The molecule has 1 saturated heterocycles. The Labute approximate surface area is 122 Å². The van der Waals surface area contributed by atoms with Gasteiger partial charge in [0.25, 0.3) is 0 Å². The van der Waals surface area contributed by atoms with Gasteiger partial charge in [-0.1, -0.05) is 0 Å². The van der Waals surface area contributed by atoms with Crippen LogP contribution >= 0.6 is 0 Å². The van der Waals surface area contributed by atoms with Crippen molar-refractivity contribution in [3.05, 3.63) is 0 Å². The van der Waals surface area contributed by atoms with E-state index in [0.29, 0.717) is 5.91 Å². The van der Waals surface area contributed by atoms with E-state index in [2.05, 4.69) is 17.6 Å². The Morgan fingerprint density at radius 3 is 2.25 bits per heavy atom. The lowest BCUT2D eigenvalue weighted by molar-refractivity contribution is -0.146. The fourth-order valence-corrected chi connectivity index (χ4v) is 5.96. The normalized spacial score (nSPS) is 49.5. The summed E-state index contributed by atoms with van der Waals surface area (Å²) in [6.07, 6.45) is 10.2. The second-order valence-corrected chi connectivity index (χ2v) is 8.47. The van der Waals surface area contributed by atoms with Crippen molar-refractivity contribution in [3.8, 4) is 0 Å². The summed E-state index contributed by atoms with van der Waals surface area (Å²) < 4.78 is 0. The van der Waals surface area contributed by atoms with E-state index in [4.69, 9.17) is 0 Å². The van der Waals surface area contributed by atoms with Gasteiger partial charge in [-0.25, -0.2) is 0 Å². The van der Waals surface area contributed by atoms with Crippen molar-refractivity contribution >= 4 is 5.91 Å². The molecule has 1 amide bonds. The number of hydrogen-bond acceptors (Lipinski definition) is 2. The van der Waals surface area contributed by atoms with Crippen LogP contribution in [-0.4, -0.2) is 24.5 Å². The zero-order chi connectivity index (χ0) is 13.8. The summed E-state index contributed by atoms with van der Waals surface area (Å²) >= 11 is 0. The Kier molecular flexibility index (Phi) is 2.93. The van der Waals surface area contributed by atoms with Crippen LogP contribution in [0.25, 0.3) is 0 Å². The van der Waals surface area contributed by atoms with Crippen molar-refractivity contribution in [1.29, 1.82) is 0 Å². The van der Waals surface area contributed by atoms with Gasteiger partial charge in [-0.05, 0) is 82.6 Å². The Hall–Kier alpha value is -0.570. The summed E-state index contributed by atoms with van der Waals surface area (Å²) in [5.41, 5.74) is 0.154. The van der Waals surface area contributed by atoms with Gasteiger partial charge in [-0.2, -0.15) is 0 Å². The van der Waals surface area contributed by atoms with E-state index in [-0.39, 0.29) is 11.0 Å². The molecule has 0 radical (unpaired) electrons. The Balaban J connectivity index is 1.43. The van der Waals surface area contributed by atoms with Crippen LogP contribution in [-0.2, 0) is 4.79 Å². The largest absolute Gasteiger partial charge is 0.354 e. The van der Waals surface area contributed by atoms with Crippen molar-refractivity contribution in [1.82, 2.24) is 10.6 Å². The highest BCUT2D eigenvalue weighted by Crippen LogP contribution is 2.60. The highest BCUT2D eigenvalue weighted by atomic mass is 16.2. The maximum absolute atomic E-state index is 12.9. The number of amides is 1. The van der Waals surface area contributed by atoms with Crippen LogP contribution < -0.4 is 10.6 Å². The number of carbonyl (C=O) groups is 1. The van der Waals surface area contributed by atoms with Gasteiger partial charge in [-0.3, -0.25) is 4.79 Å². The van der Waals surface area contributed by atoms with Crippen LogP contribution in [0.2, 0.25) is 0 Å². The molecule has 0 aromatic rings. The highest BCUT2D eigenvalue weighted by molar-refractivity contribution is 5.83. The molecule has 0 spiro atoms. The predicted molar refractivity (Wildman–Crippen MR) is 79.3 cm³/mol. The van der Waals surface area contributed by atoms with Crippen LogP contribution in [0.5, 0.6) is 0 Å². The van der Waals surface area contributed by atoms with E-state index in [1.807, 2.05) is 0 Å². The molecule has 5 aliphatic rings. The van der Waals surface area contributed by atoms with E-state index in [1.54, 1.807) is 0 Å². The van der Waals surface area contributed by atoms with Crippen LogP contribution in [0.1, 0.15) is 58.3 Å². The first-order chi connectivity index (χ1) is 9.57. The average molecular weight is 276 g/mol. The lowest BCUT2D eigenvalue weighted by Crippen LogP contribution is -2.56. The van der Waals surface area contributed by atoms with Gasteiger partial charge in [0.1, 0.15) is 0 Å². The Morgan fingerprint density at radius 1 is 1.15 bits per heavy atom. The number of nitrogens with one attached hydrogen (secondary N) is 2. The molecule has 112 valence electrons. The molecule has 5 rings (SSSR count). The molecule has 3 heteroatoms. The quantitative estimate of drug-likeness (QED) is 0.831. The minimum atomic E-state index is 0.0176. The van der Waals surface area contributed by atoms with Crippen LogP contribution in [0, 0.1) is 23.2 Å². The minimum absolute atomic E-state index is 0.0176. The summed E-state index contributed by atoms with van der Waals surface area (Å²) in [6, 6.07) is 0.